The summed E-state index contributed by atoms with van der Waals surface area (Å²) in [6.45, 7) is 0. The van der Waals surface area contributed by atoms with Gasteiger partial charge >= 0.3 is 10.1 Å². The highest BCUT2D eigenvalue weighted by Gasteiger charge is 2.67. The highest BCUT2D eigenvalue weighted by molar-refractivity contribution is 7.93. The third kappa shape index (κ3) is 2.83. The van der Waals surface area contributed by atoms with Crippen LogP contribution in [-0.2, 0) is 25.0 Å². The van der Waals surface area contributed by atoms with Gasteiger partial charge < -0.3 is 0 Å². The molecule has 2 N–H and O–H groups in total. The van der Waals surface area contributed by atoms with Gasteiger partial charge in [-0.1, -0.05) is 83.9 Å². The van der Waals surface area contributed by atoms with Gasteiger partial charge in [-0.25, -0.2) is 0 Å². The topological polar surface area (TPSA) is 109 Å². The molecule has 2 rings (SSSR count). The standard InChI is InChI=1S/C14H12Cl2O6S2/c15-14(16,24(20,21)22)13(23(17,18)19,11-7-3-1-4-8-11)12-9-5-2-6-10-12/h1-10H,(H,17,18,19)(H,20,21,22). The molecule has 0 radical (unpaired) electrons. The Morgan fingerprint density at radius 2 is 1.00 bits per heavy atom. The van der Waals surface area contributed by atoms with Crippen molar-refractivity contribution in [1.82, 2.24) is 0 Å². The average Bonchev–Trinajstić information content (AvgIpc) is 2.47. The number of hydrogen-bond acceptors (Lipinski definition) is 4. The fourth-order valence-electron chi connectivity index (χ4n) is 2.48. The van der Waals surface area contributed by atoms with Crippen molar-refractivity contribution in [3.63, 3.8) is 0 Å². The highest BCUT2D eigenvalue weighted by Crippen LogP contribution is 2.54. The minimum absolute atomic E-state index is 0.235. The zero-order valence-corrected chi connectivity index (χ0v) is 15.0. The Balaban J connectivity index is 3.10. The highest BCUT2D eigenvalue weighted by atomic mass is 35.5. The molecule has 0 heterocycles. The maximum Gasteiger partial charge on any atom is 0.301 e. The SMILES string of the molecule is O=S(=O)(O)C(Cl)(Cl)C(c1ccccc1)(c1ccccc1)S(=O)(=O)O. The first kappa shape index (κ1) is 19.2. The maximum absolute atomic E-state index is 12.4. The second-order valence-corrected chi connectivity index (χ2v) is 9.78. The number of rotatable bonds is 5. The zero-order valence-electron chi connectivity index (χ0n) is 11.9. The number of halogens is 2. The Hall–Kier alpha value is -1.16. The first-order valence-corrected chi connectivity index (χ1v) is 10.0. The van der Waals surface area contributed by atoms with Gasteiger partial charge in [0.05, 0.1) is 0 Å². The largest absolute Gasteiger partial charge is 0.301 e. The summed E-state index contributed by atoms with van der Waals surface area (Å²) in [6, 6.07) is 13.6. The minimum atomic E-state index is -5.35. The van der Waals surface area contributed by atoms with E-state index in [0.717, 1.165) is 0 Å². The molecule has 6 nitrogen and oxygen atoms in total. The zero-order chi connectivity index (χ0) is 18.2. The van der Waals surface area contributed by atoms with E-state index in [9.17, 15) is 25.9 Å². The van der Waals surface area contributed by atoms with E-state index < -0.39 is 28.6 Å². The third-order valence-corrected chi connectivity index (χ3v) is 8.08. The molecular weight excluding hydrogens is 399 g/mol. The van der Waals surface area contributed by atoms with Crippen LogP contribution in [-0.4, -0.2) is 29.6 Å². The van der Waals surface area contributed by atoms with Crippen molar-refractivity contribution in [2.24, 2.45) is 0 Å². The van der Waals surface area contributed by atoms with Crippen LogP contribution in [0.3, 0.4) is 0 Å². The maximum atomic E-state index is 12.4. The lowest BCUT2D eigenvalue weighted by atomic mass is 9.91. The Kier molecular flexibility index (Phi) is 5.02. The van der Waals surface area contributed by atoms with Gasteiger partial charge in [0.25, 0.3) is 13.8 Å². The number of alkyl halides is 2. The summed E-state index contributed by atoms with van der Waals surface area (Å²) in [7, 11) is -10.6. The molecule has 0 spiro atoms. The first-order valence-electron chi connectivity index (χ1n) is 6.39. The van der Waals surface area contributed by atoms with E-state index in [1.54, 1.807) is 12.1 Å². The van der Waals surface area contributed by atoms with Crippen LogP contribution >= 0.6 is 23.2 Å². The Morgan fingerprint density at radius 3 is 1.25 bits per heavy atom. The predicted molar refractivity (Wildman–Crippen MR) is 91.2 cm³/mol. The summed E-state index contributed by atoms with van der Waals surface area (Å²) in [5.74, 6) is 0. The molecule has 0 unspecified atom stereocenters. The van der Waals surface area contributed by atoms with Crippen molar-refractivity contribution < 1.29 is 25.9 Å². The lowest BCUT2D eigenvalue weighted by Crippen LogP contribution is -2.54. The van der Waals surface area contributed by atoms with Crippen molar-refractivity contribution in [2.75, 3.05) is 0 Å². The van der Waals surface area contributed by atoms with Gasteiger partial charge in [0.1, 0.15) is 0 Å². The number of hydrogen-bond donors (Lipinski definition) is 2. The van der Waals surface area contributed by atoms with E-state index >= 15 is 0 Å². The van der Waals surface area contributed by atoms with Crippen molar-refractivity contribution in [1.29, 1.82) is 0 Å². The molecule has 0 aliphatic heterocycles. The van der Waals surface area contributed by atoms with Crippen molar-refractivity contribution in [3.8, 4) is 0 Å². The molecule has 0 aromatic heterocycles. The van der Waals surface area contributed by atoms with E-state index in [1.807, 2.05) is 0 Å². The molecule has 24 heavy (non-hydrogen) atoms. The van der Waals surface area contributed by atoms with Crippen molar-refractivity contribution in [2.45, 2.75) is 8.41 Å². The van der Waals surface area contributed by atoms with Gasteiger partial charge in [-0.2, -0.15) is 16.8 Å². The molecule has 0 saturated carbocycles. The third-order valence-electron chi connectivity index (χ3n) is 3.48. The molecule has 0 amide bonds. The van der Waals surface area contributed by atoms with Crippen LogP contribution < -0.4 is 0 Å². The van der Waals surface area contributed by atoms with Crippen LogP contribution in [0.25, 0.3) is 0 Å². The van der Waals surface area contributed by atoms with E-state index in [4.69, 9.17) is 23.2 Å². The van der Waals surface area contributed by atoms with E-state index in [2.05, 4.69) is 0 Å². The van der Waals surface area contributed by atoms with E-state index in [0.29, 0.717) is 0 Å². The molecule has 0 fully saturated rings. The second kappa shape index (κ2) is 6.29. The molecule has 0 bridgehead atoms. The van der Waals surface area contributed by atoms with Crippen LogP contribution in [0.4, 0.5) is 0 Å². The Morgan fingerprint density at radius 1 is 0.667 bits per heavy atom. The summed E-state index contributed by atoms with van der Waals surface area (Å²) < 4.78 is 61.6. The minimum Gasteiger partial charge on any atom is -0.284 e. The fraction of sp³-hybridized carbons (Fsp3) is 0.143. The fourth-order valence-corrected chi connectivity index (χ4v) is 5.90. The van der Waals surface area contributed by atoms with Crippen LogP contribution in [0.15, 0.2) is 60.7 Å². The summed E-state index contributed by atoms with van der Waals surface area (Å²) in [5.41, 5.74) is -0.470. The quantitative estimate of drug-likeness (QED) is 0.579. The molecule has 130 valence electrons. The Labute approximate surface area is 149 Å². The van der Waals surface area contributed by atoms with E-state index in [-0.39, 0.29) is 11.1 Å². The molecule has 0 saturated heterocycles. The number of benzene rings is 2. The lowest BCUT2D eigenvalue weighted by Gasteiger charge is -2.38. The van der Waals surface area contributed by atoms with Crippen molar-refractivity contribution >= 4 is 43.4 Å². The lowest BCUT2D eigenvalue weighted by molar-refractivity contribution is 0.424. The molecule has 0 aliphatic carbocycles. The van der Waals surface area contributed by atoms with E-state index in [1.165, 1.54) is 48.5 Å². The summed E-state index contributed by atoms with van der Waals surface area (Å²) in [4.78, 5) is 0. The second-order valence-electron chi connectivity index (χ2n) is 4.88. The summed E-state index contributed by atoms with van der Waals surface area (Å²) >= 11 is 11.8. The van der Waals surface area contributed by atoms with Crippen LogP contribution in [0.2, 0.25) is 0 Å². The normalized spacial score (nSPS) is 13.7. The summed E-state index contributed by atoms with van der Waals surface area (Å²) in [5, 5.41) is 0. The van der Waals surface area contributed by atoms with Gasteiger partial charge in [0.15, 0.2) is 4.75 Å². The van der Waals surface area contributed by atoms with Gasteiger partial charge in [-0.05, 0) is 11.1 Å². The molecule has 2 aromatic rings. The van der Waals surface area contributed by atoms with Gasteiger partial charge in [-0.3, -0.25) is 9.11 Å². The van der Waals surface area contributed by atoms with Gasteiger partial charge in [0, 0.05) is 0 Å². The molecule has 2 aromatic carbocycles. The van der Waals surface area contributed by atoms with Gasteiger partial charge in [-0.15, -0.1) is 0 Å². The first-order chi connectivity index (χ1) is 11.0. The van der Waals surface area contributed by atoms with Crippen LogP contribution in [0.1, 0.15) is 11.1 Å². The molecule has 0 atom stereocenters. The molecule has 0 aliphatic rings. The molecular formula is C14H12Cl2O6S2. The Bertz CT molecular complexity index is 886. The average molecular weight is 411 g/mol. The van der Waals surface area contributed by atoms with Gasteiger partial charge in [0.2, 0.25) is 0 Å². The monoisotopic (exact) mass is 410 g/mol. The predicted octanol–water partition coefficient (Wildman–Crippen LogP) is 2.84. The summed E-state index contributed by atoms with van der Waals surface area (Å²) in [6.07, 6.45) is 0. The molecule has 10 heteroatoms. The van der Waals surface area contributed by atoms with Crippen LogP contribution in [0.5, 0.6) is 0 Å². The van der Waals surface area contributed by atoms with Crippen molar-refractivity contribution in [3.05, 3.63) is 71.8 Å². The van der Waals surface area contributed by atoms with Crippen LogP contribution in [0, 0.1) is 0 Å². The smallest absolute Gasteiger partial charge is 0.284 e.